The smallest absolute Gasteiger partial charge is 0.187 e. The van der Waals surface area contributed by atoms with Crippen LogP contribution in [-0.4, -0.2) is 58.7 Å². The normalized spacial score (nSPS) is 19.5. The van der Waals surface area contributed by atoms with Crippen molar-refractivity contribution >= 4 is 24.2 Å². The Kier molecular flexibility index (Phi) is 6.79. The Morgan fingerprint density at radius 3 is 2.11 bits per heavy atom. The van der Waals surface area contributed by atoms with Gasteiger partial charge in [0.15, 0.2) is 5.16 Å². The van der Waals surface area contributed by atoms with Gasteiger partial charge >= 0.3 is 0 Å². The molecule has 27 heavy (non-hydrogen) atoms. The van der Waals surface area contributed by atoms with Crippen LogP contribution < -0.4 is 0 Å². The molecule has 0 atom stereocenters. The van der Waals surface area contributed by atoms with Crippen molar-refractivity contribution in [3.63, 3.8) is 0 Å². The molecule has 4 rings (SSSR count). The van der Waals surface area contributed by atoms with Crippen molar-refractivity contribution in [1.82, 2.24) is 19.8 Å². The second-order valence-corrected chi connectivity index (χ2v) is 8.55. The molecule has 0 bridgehead atoms. The zero-order valence-electron chi connectivity index (χ0n) is 16.2. The molecule has 1 aromatic carbocycles. The van der Waals surface area contributed by atoms with Gasteiger partial charge in [-0.3, -0.25) is 9.80 Å². The summed E-state index contributed by atoms with van der Waals surface area (Å²) in [6, 6.07) is 9.21. The van der Waals surface area contributed by atoms with Gasteiger partial charge in [0, 0.05) is 62.6 Å². The van der Waals surface area contributed by atoms with Crippen molar-refractivity contribution in [3.8, 4) is 0 Å². The molecule has 2 fully saturated rings. The predicted octanol–water partition coefficient (Wildman–Crippen LogP) is 3.78. The van der Waals surface area contributed by atoms with Gasteiger partial charge in [-0.1, -0.05) is 41.6 Å². The van der Waals surface area contributed by atoms with Gasteiger partial charge in [0.25, 0.3) is 0 Å². The number of halogens is 1. The van der Waals surface area contributed by atoms with Crippen LogP contribution in [0.25, 0.3) is 0 Å². The quantitative estimate of drug-likeness (QED) is 0.540. The van der Waals surface area contributed by atoms with Gasteiger partial charge in [-0.05, 0) is 31.6 Å². The van der Waals surface area contributed by atoms with E-state index in [1.54, 1.807) is 11.8 Å². The highest BCUT2D eigenvalue weighted by atomic mass is 35.5. The van der Waals surface area contributed by atoms with E-state index < -0.39 is 0 Å². The van der Waals surface area contributed by atoms with Crippen LogP contribution in [-0.2, 0) is 12.0 Å². The fourth-order valence-corrected chi connectivity index (χ4v) is 4.23. The molecule has 1 aromatic heterocycles. The molecule has 2 heterocycles. The van der Waals surface area contributed by atoms with E-state index >= 15 is 0 Å². The van der Waals surface area contributed by atoms with Crippen LogP contribution in [0.1, 0.15) is 29.5 Å². The van der Waals surface area contributed by atoms with E-state index in [0.717, 1.165) is 37.9 Å². The summed E-state index contributed by atoms with van der Waals surface area (Å²) in [5, 5.41) is 0.851. The molecule has 0 unspecified atom stereocenters. The number of aryl methyl sites for hydroxylation is 1. The van der Waals surface area contributed by atoms with Gasteiger partial charge in [0.05, 0.1) is 0 Å². The maximum atomic E-state index is 4.39. The number of rotatable bonds is 6. The van der Waals surface area contributed by atoms with Gasteiger partial charge in [-0.25, -0.2) is 9.97 Å². The summed E-state index contributed by atoms with van der Waals surface area (Å²) in [5.74, 6) is 0. The van der Waals surface area contributed by atoms with Crippen molar-refractivity contribution in [3.05, 3.63) is 53.3 Å². The van der Waals surface area contributed by atoms with Gasteiger partial charge in [0.1, 0.15) is 0 Å². The minimum Gasteiger partial charge on any atom is -0.300 e. The van der Waals surface area contributed by atoms with Crippen LogP contribution in [0.15, 0.2) is 41.8 Å². The van der Waals surface area contributed by atoms with Crippen molar-refractivity contribution in [2.24, 2.45) is 0 Å². The molecule has 1 aliphatic carbocycles. The SMILES string of the molecule is CSc1ncc(CN2CCN(CC3(c4ccc(C)cc4)CC3)CC2)cn1.Cl. The van der Waals surface area contributed by atoms with Crippen LogP contribution in [0.2, 0.25) is 0 Å². The molecular weight excluding hydrogens is 376 g/mol. The van der Waals surface area contributed by atoms with Crippen molar-refractivity contribution < 1.29 is 0 Å². The summed E-state index contributed by atoms with van der Waals surface area (Å²) >= 11 is 1.59. The average molecular weight is 405 g/mol. The van der Waals surface area contributed by atoms with Crippen LogP contribution in [0.5, 0.6) is 0 Å². The lowest BCUT2D eigenvalue weighted by molar-refractivity contribution is 0.118. The molecule has 146 valence electrons. The van der Waals surface area contributed by atoms with E-state index in [1.807, 2.05) is 18.6 Å². The summed E-state index contributed by atoms with van der Waals surface area (Å²) in [6.07, 6.45) is 8.64. The Balaban J connectivity index is 0.00000210. The Morgan fingerprint density at radius 1 is 0.963 bits per heavy atom. The third-order valence-electron chi connectivity index (χ3n) is 5.78. The number of aromatic nitrogens is 2. The van der Waals surface area contributed by atoms with Gasteiger partial charge in [0.2, 0.25) is 0 Å². The van der Waals surface area contributed by atoms with E-state index in [4.69, 9.17) is 0 Å². The molecule has 0 spiro atoms. The lowest BCUT2D eigenvalue weighted by Crippen LogP contribution is -2.48. The first-order valence-electron chi connectivity index (χ1n) is 9.54. The molecule has 2 aliphatic rings. The lowest BCUT2D eigenvalue weighted by Gasteiger charge is -2.36. The lowest BCUT2D eigenvalue weighted by atomic mass is 9.94. The number of thioether (sulfide) groups is 1. The van der Waals surface area contributed by atoms with E-state index in [9.17, 15) is 0 Å². The van der Waals surface area contributed by atoms with Crippen LogP contribution in [0.4, 0.5) is 0 Å². The van der Waals surface area contributed by atoms with Crippen LogP contribution in [0.3, 0.4) is 0 Å². The first kappa shape index (κ1) is 20.6. The molecule has 1 aliphatic heterocycles. The van der Waals surface area contributed by atoms with Gasteiger partial charge in [-0.15, -0.1) is 12.4 Å². The minimum absolute atomic E-state index is 0. The Hall–Kier alpha value is -1.14. The molecule has 1 saturated heterocycles. The van der Waals surface area contributed by atoms with E-state index in [0.29, 0.717) is 5.41 Å². The molecule has 1 saturated carbocycles. The molecule has 0 radical (unpaired) electrons. The van der Waals surface area contributed by atoms with Gasteiger partial charge in [-0.2, -0.15) is 0 Å². The molecular formula is C21H29ClN4S. The third-order valence-corrected chi connectivity index (χ3v) is 6.36. The summed E-state index contributed by atoms with van der Waals surface area (Å²) in [7, 11) is 0. The highest BCUT2D eigenvalue weighted by molar-refractivity contribution is 7.98. The maximum Gasteiger partial charge on any atom is 0.187 e. The second kappa shape index (κ2) is 8.91. The zero-order valence-corrected chi connectivity index (χ0v) is 17.9. The molecule has 4 nitrogen and oxygen atoms in total. The Labute approximate surface area is 173 Å². The molecule has 6 heteroatoms. The highest BCUT2D eigenvalue weighted by Gasteiger charge is 2.45. The number of piperazine rings is 1. The Morgan fingerprint density at radius 2 is 1.56 bits per heavy atom. The topological polar surface area (TPSA) is 32.3 Å². The summed E-state index contributed by atoms with van der Waals surface area (Å²) in [6.45, 7) is 8.94. The predicted molar refractivity (Wildman–Crippen MR) is 115 cm³/mol. The number of hydrogen-bond donors (Lipinski definition) is 0. The summed E-state index contributed by atoms with van der Waals surface area (Å²) < 4.78 is 0. The van der Waals surface area contributed by atoms with E-state index in [2.05, 4.69) is 51.0 Å². The van der Waals surface area contributed by atoms with Crippen molar-refractivity contribution in [2.45, 2.75) is 36.9 Å². The maximum absolute atomic E-state index is 4.39. The van der Waals surface area contributed by atoms with Crippen molar-refractivity contribution in [1.29, 1.82) is 0 Å². The van der Waals surface area contributed by atoms with Crippen molar-refractivity contribution in [2.75, 3.05) is 39.0 Å². The number of benzene rings is 1. The minimum atomic E-state index is 0. The fraction of sp³-hybridized carbons (Fsp3) is 0.524. The average Bonchev–Trinajstić information content (AvgIpc) is 3.45. The number of nitrogens with zero attached hydrogens (tertiary/aromatic N) is 4. The third kappa shape index (κ3) is 5.02. The van der Waals surface area contributed by atoms with E-state index in [1.165, 1.54) is 36.1 Å². The molecule has 2 aromatic rings. The van der Waals surface area contributed by atoms with Gasteiger partial charge < -0.3 is 0 Å². The molecule has 0 amide bonds. The fourth-order valence-electron chi connectivity index (χ4n) is 3.92. The first-order chi connectivity index (χ1) is 12.7. The monoisotopic (exact) mass is 404 g/mol. The second-order valence-electron chi connectivity index (χ2n) is 7.78. The first-order valence-corrected chi connectivity index (χ1v) is 10.8. The summed E-state index contributed by atoms with van der Waals surface area (Å²) in [4.78, 5) is 14.0. The Bertz CT molecular complexity index is 723. The van der Waals surface area contributed by atoms with Crippen LogP contribution in [0, 0.1) is 6.92 Å². The van der Waals surface area contributed by atoms with Crippen LogP contribution >= 0.6 is 24.2 Å². The highest BCUT2D eigenvalue weighted by Crippen LogP contribution is 2.48. The zero-order chi connectivity index (χ0) is 18.0. The molecule has 0 N–H and O–H groups in total. The van der Waals surface area contributed by atoms with E-state index in [-0.39, 0.29) is 12.4 Å². The number of hydrogen-bond acceptors (Lipinski definition) is 5. The summed E-state index contributed by atoms with van der Waals surface area (Å²) in [5.41, 5.74) is 4.54. The largest absolute Gasteiger partial charge is 0.300 e. The standard InChI is InChI=1S/C21H28N4S.ClH/c1-17-3-5-19(6-4-17)21(7-8-21)16-25-11-9-24(10-12-25)15-18-13-22-20(26-2)23-14-18;/h3-6,13-14H,7-12,15-16H2,1-2H3;1H.